The van der Waals surface area contributed by atoms with Gasteiger partial charge in [0.1, 0.15) is 11.9 Å². The smallest absolute Gasteiger partial charge is 0.257 e. The van der Waals surface area contributed by atoms with Gasteiger partial charge in [0.05, 0.1) is 6.54 Å². The lowest BCUT2D eigenvalue weighted by atomic mass is 10.1. The molecule has 1 atom stereocenters. The molecule has 0 bridgehead atoms. The molecule has 0 radical (unpaired) electrons. The second kappa shape index (κ2) is 7.17. The van der Waals surface area contributed by atoms with Crippen molar-refractivity contribution in [2.75, 3.05) is 0 Å². The van der Waals surface area contributed by atoms with E-state index in [1.54, 1.807) is 0 Å². The number of benzene rings is 1. The summed E-state index contributed by atoms with van der Waals surface area (Å²) in [6.07, 6.45) is 0.0413. The Labute approximate surface area is 154 Å². The highest BCUT2D eigenvalue weighted by Gasteiger charge is 2.44. The third-order valence-corrected chi connectivity index (χ3v) is 9.89. The second-order valence-electron chi connectivity index (χ2n) is 7.96. The molecule has 1 fully saturated rings. The number of amides is 2. The summed E-state index contributed by atoms with van der Waals surface area (Å²) in [5, 5.41) is 0.174. The molecule has 0 aliphatic carbocycles. The van der Waals surface area contributed by atoms with Gasteiger partial charge in [0, 0.05) is 11.4 Å². The van der Waals surface area contributed by atoms with E-state index in [0.29, 0.717) is 12.0 Å². The normalized spacial score (nSPS) is 19.5. The van der Waals surface area contributed by atoms with Crippen molar-refractivity contribution < 1.29 is 18.4 Å². The number of carbonyl (C=O) groups is 2. The van der Waals surface area contributed by atoms with Crippen molar-refractivity contribution in [1.29, 1.82) is 0 Å². The van der Waals surface area contributed by atoms with Crippen LogP contribution in [0.2, 0.25) is 23.2 Å². The maximum Gasteiger partial charge on any atom is 0.257 e. The van der Waals surface area contributed by atoms with Crippen molar-refractivity contribution >= 4 is 31.7 Å². The molecule has 0 spiro atoms. The Morgan fingerprint density at radius 1 is 1.32 bits per heavy atom. The molecule has 1 heterocycles. The summed E-state index contributed by atoms with van der Waals surface area (Å²) in [4.78, 5) is 26.2. The highest BCUT2D eigenvalue weighted by molar-refractivity contribution is 6.74. The van der Waals surface area contributed by atoms with Crippen LogP contribution >= 0.6 is 11.6 Å². The molecule has 1 aromatic carbocycles. The third-order valence-electron chi connectivity index (χ3n) is 5.05. The van der Waals surface area contributed by atoms with E-state index in [4.69, 9.17) is 16.0 Å². The number of likely N-dealkylation sites (tertiary alicyclic amines) is 1. The average Bonchev–Trinajstić information content (AvgIpc) is 2.47. The van der Waals surface area contributed by atoms with Gasteiger partial charge in [0.15, 0.2) is 8.32 Å². The van der Waals surface area contributed by atoms with E-state index in [0.717, 1.165) is 0 Å². The lowest BCUT2D eigenvalue weighted by Gasteiger charge is -2.41. The summed E-state index contributed by atoms with van der Waals surface area (Å²) < 4.78 is 19.4. The summed E-state index contributed by atoms with van der Waals surface area (Å²) in [7, 11) is -2.13. The molecule has 1 aliphatic heterocycles. The van der Waals surface area contributed by atoms with Crippen LogP contribution in [0.25, 0.3) is 0 Å². The van der Waals surface area contributed by atoms with Gasteiger partial charge in [-0.05, 0) is 42.2 Å². The first-order valence-corrected chi connectivity index (χ1v) is 11.7. The number of halogens is 2. The van der Waals surface area contributed by atoms with Crippen LogP contribution in [-0.4, -0.2) is 31.1 Å². The summed E-state index contributed by atoms with van der Waals surface area (Å²) in [5.74, 6) is -1.04. The Balaban J connectivity index is 2.18. The molecule has 1 saturated heterocycles. The molecule has 0 N–H and O–H groups in total. The maximum atomic E-state index is 13.2. The predicted octanol–water partition coefficient (Wildman–Crippen LogP) is 4.52. The number of hydrogen-bond donors (Lipinski definition) is 0. The van der Waals surface area contributed by atoms with Crippen LogP contribution in [-0.2, 0) is 20.6 Å². The molecule has 138 valence electrons. The Kier molecular flexibility index (Phi) is 5.76. The van der Waals surface area contributed by atoms with E-state index in [2.05, 4.69) is 33.9 Å². The van der Waals surface area contributed by atoms with Crippen molar-refractivity contribution in [1.82, 2.24) is 4.90 Å². The summed E-state index contributed by atoms with van der Waals surface area (Å²) in [6, 6.07) is 3.94. The molecular formula is C18H25ClFNO3Si. The van der Waals surface area contributed by atoms with Gasteiger partial charge in [-0.1, -0.05) is 38.4 Å². The zero-order valence-corrected chi connectivity index (χ0v) is 17.1. The van der Waals surface area contributed by atoms with Crippen LogP contribution in [0.1, 0.15) is 39.2 Å². The molecule has 7 heteroatoms. The van der Waals surface area contributed by atoms with Crippen LogP contribution in [0.4, 0.5) is 4.39 Å². The highest BCUT2D eigenvalue weighted by atomic mass is 35.5. The minimum atomic E-state index is -2.13. The van der Waals surface area contributed by atoms with E-state index < -0.39 is 20.2 Å². The number of nitrogens with zero attached hydrogens (tertiary/aromatic N) is 1. The SMILES string of the molecule is CC(C)(C)[Si](C)(C)O[C@@H]1CCC(=O)N(Cc2ccc(F)cc2Cl)C1=O. The van der Waals surface area contributed by atoms with Crippen LogP contribution < -0.4 is 0 Å². The zero-order chi connectivity index (χ0) is 19.0. The molecule has 25 heavy (non-hydrogen) atoms. The van der Waals surface area contributed by atoms with Crippen LogP contribution in [0.5, 0.6) is 0 Å². The summed E-state index contributed by atoms with van der Waals surface area (Å²) in [6.45, 7) is 10.5. The fourth-order valence-corrected chi connectivity index (χ4v) is 3.95. The molecule has 0 unspecified atom stereocenters. The minimum Gasteiger partial charge on any atom is -0.405 e. The molecule has 1 aliphatic rings. The van der Waals surface area contributed by atoms with E-state index >= 15 is 0 Å². The van der Waals surface area contributed by atoms with Gasteiger partial charge >= 0.3 is 0 Å². The topological polar surface area (TPSA) is 46.6 Å². The third kappa shape index (κ3) is 4.48. The average molecular weight is 386 g/mol. The molecular weight excluding hydrogens is 361 g/mol. The largest absolute Gasteiger partial charge is 0.405 e. The molecule has 0 saturated carbocycles. The van der Waals surface area contributed by atoms with Gasteiger partial charge in [-0.15, -0.1) is 0 Å². The van der Waals surface area contributed by atoms with Gasteiger partial charge in [0.2, 0.25) is 5.91 Å². The molecule has 2 rings (SSSR count). The Morgan fingerprint density at radius 2 is 1.96 bits per heavy atom. The van der Waals surface area contributed by atoms with Gasteiger partial charge in [-0.2, -0.15) is 0 Å². The second-order valence-corrected chi connectivity index (χ2v) is 13.1. The first-order chi connectivity index (χ1) is 11.4. The number of hydrogen-bond acceptors (Lipinski definition) is 3. The Bertz CT molecular complexity index is 687. The van der Waals surface area contributed by atoms with Crippen LogP contribution in [0, 0.1) is 5.82 Å². The van der Waals surface area contributed by atoms with Gasteiger partial charge in [0.25, 0.3) is 5.91 Å². The molecule has 4 nitrogen and oxygen atoms in total. The fraction of sp³-hybridized carbons (Fsp3) is 0.556. The standard InChI is InChI=1S/C18H25ClFNO3Si/c1-18(2,3)25(4,5)24-15-8-9-16(22)21(17(15)23)11-12-6-7-13(20)10-14(12)19/h6-7,10,15H,8-9,11H2,1-5H3/t15-/m1/s1. The maximum absolute atomic E-state index is 13.2. The molecule has 1 aromatic rings. The number of piperidine rings is 1. The predicted molar refractivity (Wildman–Crippen MR) is 98.3 cm³/mol. The van der Waals surface area contributed by atoms with E-state index in [-0.39, 0.29) is 34.8 Å². The number of rotatable bonds is 4. The van der Waals surface area contributed by atoms with E-state index in [1.807, 2.05) is 0 Å². The van der Waals surface area contributed by atoms with E-state index in [9.17, 15) is 14.0 Å². The Hall–Kier alpha value is -1.24. The first-order valence-electron chi connectivity index (χ1n) is 8.38. The highest BCUT2D eigenvalue weighted by Crippen LogP contribution is 2.38. The summed E-state index contributed by atoms with van der Waals surface area (Å²) in [5.41, 5.74) is 0.540. The fourth-order valence-electron chi connectivity index (χ4n) is 2.44. The van der Waals surface area contributed by atoms with Crippen molar-refractivity contribution in [3.05, 3.63) is 34.6 Å². The van der Waals surface area contributed by atoms with Crippen molar-refractivity contribution in [3.8, 4) is 0 Å². The minimum absolute atomic E-state index is 0.0279. The van der Waals surface area contributed by atoms with Gasteiger partial charge < -0.3 is 4.43 Å². The quantitative estimate of drug-likeness (QED) is 0.565. The number of carbonyl (C=O) groups excluding carboxylic acids is 2. The van der Waals surface area contributed by atoms with Crippen LogP contribution in [0.3, 0.4) is 0 Å². The zero-order valence-electron chi connectivity index (χ0n) is 15.4. The van der Waals surface area contributed by atoms with Crippen LogP contribution in [0.15, 0.2) is 18.2 Å². The molecule has 2 amide bonds. The monoisotopic (exact) mass is 385 g/mol. The summed E-state index contributed by atoms with van der Waals surface area (Å²) >= 11 is 6.03. The van der Waals surface area contributed by atoms with Gasteiger partial charge in [-0.3, -0.25) is 14.5 Å². The lowest BCUT2D eigenvalue weighted by Crippen LogP contribution is -2.53. The van der Waals surface area contributed by atoms with Crippen molar-refractivity contribution in [3.63, 3.8) is 0 Å². The lowest BCUT2D eigenvalue weighted by molar-refractivity contribution is -0.155. The first kappa shape index (κ1) is 20.1. The van der Waals surface area contributed by atoms with E-state index in [1.165, 1.54) is 23.1 Å². The Morgan fingerprint density at radius 3 is 2.52 bits per heavy atom. The van der Waals surface area contributed by atoms with Crippen molar-refractivity contribution in [2.45, 2.75) is 64.4 Å². The molecule has 0 aromatic heterocycles. The van der Waals surface area contributed by atoms with Crippen molar-refractivity contribution in [2.24, 2.45) is 0 Å². The van der Waals surface area contributed by atoms with Gasteiger partial charge in [-0.25, -0.2) is 4.39 Å². The number of imide groups is 1.